The smallest absolute Gasteiger partial charge is 0.189 e. The van der Waals surface area contributed by atoms with Crippen molar-refractivity contribution in [2.45, 2.75) is 26.3 Å². The van der Waals surface area contributed by atoms with Crippen LogP contribution in [0.1, 0.15) is 31.2 Å². The molecule has 0 aliphatic heterocycles. The number of benzene rings is 1. The van der Waals surface area contributed by atoms with Crippen LogP contribution in [0, 0.1) is 5.82 Å². The molecule has 0 aliphatic carbocycles. The van der Waals surface area contributed by atoms with Gasteiger partial charge in [0.15, 0.2) is 5.13 Å². The van der Waals surface area contributed by atoms with Crippen LogP contribution >= 0.6 is 11.3 Å². The Morgan fingerprint density at radius 2 is 2.05 bits per heavy atom. The van der Waals surface area contributed by atoms with Gasteiger partial charge in [-0.05, 0) is 44.2 Å². The second kappa shape index (κ2) is 6.81. The fourth-order valence-corrected chi connectivity index (χ4v) is 2.79. The minimum Gasteiger partial charge on any atom is -0.321 e. The van der Waals surface area contributed by atoms with Crippen LogP contribution in [-0.4, -0.2) is 18.6 Å². The number of nitrogens with zero attached hydrogens (tertiary/aromatic N) is 2. The van der Waals surface area contributed by atoms with Crippen molar-refractivity contribution >= 4 is 22.2 Å². The van der Waals surface area contributed by atoms with Crippen molar-refractivity contribution in [1.29, 1.82) is 0 Å². The average Bonchev–Trinajstić information content (AvgIpc) is 2.94. The maximum Gasteiger partial charge on any atom is 0.189 e. The van der Waals surface area contributed by atoms with E-state index in [0.29, 0.717) is 6.04 Å². The molecule has 0 fully saturated rings. The third kappa shape index (κ3) is 3.55. The molecule has 0 radical (unpaired) electrons. The summed E-state index contributed by atoms with van der Waals surface area (Å²) in [5.74, 6) is -0.223. The Balaban J connectivity index is 2.09. The molecule has 0 amide bonds. The van der Waals surface area contributed by atoms with E-state index in [1.54, 1.807) is 23.5 Å². The molecule has 0 bridgehead atoms. The molecule has 0 aliphatic rings. The lowest BCUT2D eigenvalue weighted by atomic mass is 10.3. The lowest BCUT2D eigenvalue weighted by Gasteiger charge is -2.15. The Bertz CT molecular complexity index is 538. The molecule has 1 aromatic carbocycles. The van der Waals surface area contributed by atoms with Crippen LogP contribution in [0.4, 0.5) is 15.2 Å². The summed E-state index contributed by atoms with van der Waals surface area (Å²) in [6.07, 6.45) is 3.03. The van der Waals surface area contributed by atoms with Crippen LogP contribution in [0.2, 0.25) is 0 Å². The van der Waals surface area contributed by atoms with Gasteiger partial charge in [0.1, 0.15) is 5.82 Å². The van der Waals surface area contributed by atoms with Crippen molar-refractivity contribution in [3.63, 3.8) is 0 Å². The second-order valence-electron chi connectivity index (χ2n) is 4.76. The fourth-order valence-electron chi connectivity index (χ4n) is 1.87. The lowest BCUT2D eigenvalue weighted by Crippen LogP contribution is -2.18. The molecular weight excluding hydrogens is 273 g/mol. The topological polar surface area (TPSA) is 28.2 Å². The summed E-state index contributed by atoms with van der Waals surface area (Å²) in [7, 11) is 1.94. The second-order valence-corrected chi connectivity index (χ2v) is 5.80. The highest BCUT2D eigenvalue weighted by Crippen LogP contribution is 2.30. The van der Waals surface area contributed by atoms with Crippen LogP contribution in [0.15, 0.2) is 30.5 Å². The molecule has 3 nitrogen and oxygen atoms in total. The van der Waals surface area contributed by atoms with Gasteiger partial charge in [-0.25, -0.2) is 9.37 Å². The molecule has 1 unspecified atom stereocenters. The summed E-state index contributed by atoms with van der Waals surface area (Å²) < 4.78 is 12.9. The van der Waals surface area contributed by atoms with Gasteiger partial charge in [-0.15, -0.1) is 0 Å². The minimum atomic E-state index is -0.223. The minimum absolute atomic E-state index is 0.223. The molecule has 0 saturated carbocycles. The summed E-state index contributed by atoms with van der Waals surface area (Å²) in [6, 6.07) is 6.75. The summed E-state index contributed by atoms with van der Waals surface area (Å²) in [6.45, 7) is 5.30. The Hall–Kier alpha value is -1.46. The van der Waals surface area contributed by atoms with Gasteiger partial charge in [-0.3, -0.25) is 0 Å². The zero-order valence-corrected chi connectivity index (χ0v) is 12.9. The van der Waals surface area contributed by atoms with Gasteiger partial charge < -0.3 is 10.2 Å². The highest BCUT2D eigenvalue weighted by molar-refractivity contribution is 7.15. The van der Waals surface area contributed by atoms with Crippen LogP contribution in [0.3, 0.4) is 0 Å². The fraction of sp³-hybridized carbons (Fsp3) is 0.400. The largest absolute Gasteiger partial charge is 0.321 e. The molecule has 2 aromatic rings. The van der Waals surface area contributed by atoms with Gasteiger partial charge in [-0.2, -0.15) is 0 Å². The van der Waals surface area contributed by atoms with Gasteiger partial charge in [-0.1, -0.05) is 18.3 Å². The zero-order chi connectivity index (χ0) is 14.5. The molecular formula is C15H20FN3S. The van der Waals surface area contributed by atoms with Crippen LogP contribution in [0.5, 0.6) is 0 Å². The zero-order valence-electron chi connectivity index (χ0n) is 12.1. The highest BCUT2D eigenvalue weighted by atomic mass is 32.1. The van der Waals surface area contributed by atoms with E-state index in [-0.39, 0.29) is 5.82 Å². The van der Waals surface area contributed by atoms with Crippen LogP contribution < -0.4 is 10.2 Å². The summed E-state index contributed by atoms with van der Waals surface area (Å²) in [4.78, 5) is 7.64. The third-order valence-electron chi connectivity index (χ3n) is 3.14. The van der Waals surface area contributed by atoms with Crippen molar-refractivity contribution in [1.82, 2.24) is 10.3 Å². The number of nitrogens with one attached hydrogen (secondary N) is 1. The van der Waals surface area contributed by atoms with Crippen LogP contribution in [-0.2, 0) is 0 Å². The third-order valence-corrected chi connectivity index (χ3v) is 4.40. The van der Waals surface area contributed by atoms with Crippen molar-refractivity contribution < 1.29 is 4.39 Å². The molecule has 5 heteroatoms. The van der Waals surface area contributed by atoms with Gasteiger partial charge in [0.25, 0.3) is 0 Å². The van der Waals surface area contributed by atoms with E-state index in [9.17, 15) is 4.39 Å². The molecule has 1 atom stereocenters. The highest BCUT2D eigenvalue weighted by Gasteiger charge is 2.12. The normalized spacial score (nSPS) is 12.4. The first-order valence-electron chi connectivity index (χ1n) is 6.80. The predicted molar refractivity (Wildman–Crippen MR) is 83.3 cm³/mol. The maximum absolute atomic E-state index is 12.9. The van der Waals surface area contributed by atoms with Crippen molar-refractivity contribution in [3.8, 4) is 0 Å². The molecule has 0 saturated heterocycles. The number of hydrogen-bond acceptors (Lipinski definition) is 4. The first kappa shape index (κ1) is 14.9. The van der Waals surface area contributed by atoms with Gasteiger partial charge in [0.05, 0.1) is 0 Å². The van der Waals surface area contributed by atoms with E-state index in [2.05, 4.69) is 24.1 Å². The van der Waals surface area contributed by atoms with E-state index in [1.807, 2.05) is 18.1 Å². The number of hydrogen-bond donors (Lipinski definition) is 1. The molecule has 0 spiro atoms. The number of thiazole rings is 1. The van der Waals surface area contributed by atoms with Gasteiger partial charge >= 0.3 is 0 Å². The lowest BCUT2D eigenvalue weighted by molar-refractivity contribution is 0.577. The Morgan fingerprint density at radius 1 is 1.35 bits per heavy atom. The summed E-state index contributed by atoms with van der Waals surface area (Å²) in [5.41, 5.74) is 0.932. The van der Waals surface area contributed by atoms with E-state index in [1.165, 1.54) is 17.0 Å². The Labute approximate surface area is 123 Å². The number of rotatable bonds is 6. The van der Waals surface area contributed by atoms with E-state index >= 15 is 0 Å². The number of anilines is 2. The van der Waals surface area contributed by atoms with Gasteiger partial charge in [0, 0.05) is 29.9 Å². The standard InChI is InChI=1S/C15H20FN3S/c1-4-9-17-11(2)14-10-18-15(20-14)19(3)13-7-5-12(16)6-8-13/h5-8,10-11,17H,4,9H2,1-3H3. The first-order valence-corrected chi connectivity index (χ1v) is 7.62. The van der Waals surface area contributed by atoms with Gasteiger partial charge in [0.2, 0.25) is 0 Å². The molecule has 1 aromatic heterocycles. The predicted octanol–water partition coefficient (Wildman–Crippen LogP) is 4.11. The van der Waals surface area contributed by atoms with Crippen LogP contribution in [0.25, 0.3) is 0 Å². The average molecular weight is 293 g/mol. The molecule has 2 rings (SSSR count). The maximum atomic E-state index is 12.9. The Morgan fingerprint density at radius 3 is 2.70 bits per heavy atom. The summed E-state index contributed by atoms with van der Waals surface area (Å²) in [5, 5.41) is 4.36. The quantitative estimate of drug-likeness (QED) is 0.868. The molecule has 20 heavy (non-hydrogen) atoms. The number of halogens is 1. The SMILES string of the molecule is CCCNC(C)c1cnc(N(C)c2ccc(F)cc2)s1. The molecule has 1 heterocycles. The van der Waals surface area contributed by atoms with E-state index in [4.69, 9.17) is 0 Å². The monoisotopic (exact) mass is 293 g/mol. The first-order chi connectivity index (χ1) is 9.61. The molecule has 1 N–H and O–H groups in total. The van der Waals surface area contributed by atoms with E-state index in [0.717, 1.165) is 23.8 Å². The summed E-state index contributed by atoms with van der Waals surface area (Å²) >= 11 is 1.66. The van der Waals surface area contributed by atoms with Crippen molar-refractivity contribution in [3.05, 3.63) is 41.2 Å². The molecule has 108 valence electrons. The van der Waals surface area contributed by atoms with E-state index < -0.39 is 0 Å². The van der Waals surface area contributed by atoms with Crippen molar-refractivity contribution in [2.75, 3.05) is 18.5 Å². The van der Waals surface area contributed by atoms with Crippen molar-refractivity contribution in [2.24, 2.45) is 0 Å². The number of aromatic nitrogens is 1. The Kier molecular flexibility index (Phi) is 5.09.